The standard InChI is InChI=1S/C23H20O4/c1-15-4-8-18(9-5-15)22(24)27-21-13-10-19(14-17(21)3)23(25)26-20-11-6-16(2)7-12-20/h4-14H,1-3H3. The molecule has 0 N–H and O–H groups in total. The lowest BCUT2D eigenvalue weighted by Crippen LogP contribution is -2.11. The van der Waals surface area contributed by atoms with Crippen LogP contribution in [0.3, 0.4) is 0 Å². The predicted octanol–water partition coefficient (Wildman–Crippen LogP) is 5.05. The van der Waals surface area contributed by atoms with Crippen molar-refractivity contribution in [3.63, 3.8) is 0 Å². The number of hydrogen-bond donors (Lipinski definition) is 0. The summed E-state index contributed by atoms with van der Waals surface area (Å²) in [7, 11) is 0. The van der Waals surface area contributed by atoms with Crippen LogP contribution in [0.2, 0.25) is 0 Å². The molecule has 136 valence electrons. The van der Waals surface area contributed by atoms with Crippen LogP contribution >= 0.6 is 0 Å². The lowest BCUT2D eigenvalue weighted by Gasteiger charge is -2.10. The zero-order chi connectivity index (χ0) is 19.4. The fourth-order valence-corrected chi connectivity index (χ4v) is 2.51. The Hall–Kier alpha value is -3.40. The van der Waals surface area contributed by atoms with E-state index in [1.54, 1.807) is 49.4 Å². The fourth-order valence-electron chi connectivity index (χ4n) is 2.51. The zero-order valence-corrected chi connectivity index (χ0v) is 15.5. The molecule has 0 aliphatic carbocycles. The number of carbonyl (C=O) groups is 2. The van der Waals surface area contributed by atoms with Crippen LogP contribution in [0.1, 0.15) is 37.4 Å². The molecule has 0 saturated heterocycles. The molecule has 3 aromatic carbocycles. The topological polar surface area (TPSA) is 52.6 Å². The third kappa shape index (κ3) is 4.61. The van der Waals surface area contributed by atoms with E-state index >= 15 is 0 Å². The van der Waals surface area contributed by atoms with E-state index in [2.05, 4.69) is 0 Å². The van der Waals surface area contributed by atoms with E-state index in [1.807, 2.05) is 38.1 Å². The molecule has 0 radical (unpaired) electrons. The number of carbonyl (C=O) groups excluding carboxylic acids is 2. The molecule has 4 heteroatoms. The van der Waals surface area contributed by atoms with Gasteiger partial charge in [-0.15, -0.1) is 0 Å². The summed E-state index contributed by atoms with van der Waals surface area (Å²) in [4.78, 5) is 24.6. The number of ether oxygens (including phenoxy) is 2. The Morgan fingerprint density at radius 2 is 1.15 bits per heavy atom. The number of esters is 2. The van der Waals surface area contributed by atoms with Gasteiger partial charge in [-0.2, -0.15) is 0 Å². The van der Waals surface area contributed by atoms with Crippen molar-refractivity contribution in [3.8, 4) is 11.5 Å². The van der Waals surface area contributed by atoms with Gasteiger partial charge in [-0.25, -0.2) is 9.59 Å². The Balaban J connectivity index is 1.71. The Kier molecular flexibility index (Phi) is 5.36. The summed E-state index contributed by atoms with van der Waals surface area (Å²) < 4.78 is 10.8. The van der Waals surface area contributed by atoms with E-state index in [4.69, 9.17) is 9.47 Å². The highest BCUT2D eigenvalue weighted by Crippen LogP contribution is 2.22. The third-order valence-corrected chi connectivity index (χ3v) is 4.13. The monoisotopic (exact) mass is 360 g/mol. The van der Waals surface area contributed by atoms with Crippen molar-refractivity contribution in [2.75, 3.05) is 0 Å². The van der Waals surface area contributed by atoms with Gasteiger partial charge in [-0.3, -0.25) is 0 Å². The minimum atomic E-state index is -0.460. The largest absolute Gasteiger partial charge is 0.423 e. The van der Waals surface area contributed by atoms with Gasteiger partial charge in [0, 0.05) is 0 Å². The smallest absolute Gasteiger partial charge is 0.343 e. The fraction of sp³-hybridized carbons (Fsp3) is 0.130. The summed E-state index contributed by atoms with van der Waals surface area (Å²) >= 11 is 0. The Labute approximate surface area is 158 Å². The molecule has 3 aromatic rings. The molecule has 0 unspecified atom stereocenters. The number of aryl methyl sites for hydroxylation is 3. The highest BCUT2D eigenvalue weighted by Gasteiger charge is 2.14. The van der Waals surface area contributed by atoms with Gasteiger partial charge in [0.15, 0.2) is 0 Å². The minimum absolute atomic E-state index is 0.392. The van der Waals surface area contributed by atoms with Crippen molar-refractivity contribution in [3.05, 3.63) is 94.5 Å². The SMILES string of the molecule is Cc1ccc(OC(=O)c2ccc(OC(=O)c3ccc(C)cc3)c(C)c2)cc1. The van der Waals surface area contributed by atoms with Gasteiger partial charge in [-0.1, -0.05) is 35.4 Å². The lowest BCUT2D eigenvalue weighted by atomic mass is 10.1. The summed E-state index contributed by atoms with van der Waals surface area (Å²) in [6.07, 6.45) is 0. The molecule has 0 spiro atoms. The summed E-state index contributed by atoms with van der Waals surface area (Å²) in [5.41, 5.74) is 3.70. The molecule has 0 saturated carbocycles. The predicted molar refractivity (Wildman–Crippen MR) is 103 cm³/mol. The highest BCUT2D eigenvalue weighted by molar-refractivity contribution is 5.93. The van der Waals surface area contributed by atoms with Crippen molar-refractivity contribution < 1.29 is 19.1 Å². The van der Waals surface area contributed by atoms with Crippen LogP contribution in [0.4, 0.5) is 0 Å². The number of rotatable bonds is 4. The molecule has 0 atom stereocenters. The highest BCUT2D eigenvalue weighted by atomic mass is 16.5. The first-order chi connectivity index (χ1) is 12.9. The van der Waals surface area contributed by atoms with Crippen LogP contribution in [-0.4, -0.2) is 11.9 Å². The van der Waals surface area contributed by atoms with Crippen molar-refractivity contribution in [2.45, 2.75) is 20.8 Å². The van der Waals surface area contributed by atoms with Crippen LogP contribution in [0.5, 0.6) is 11.5 Å². The Bertz CT molecular complexity index is 970. The second-order valence-electron chi connectivity index (χ2n) is 6.44. The van der Waals surface area contributed by atoms with Crippen molar-refractivity contribution >= 4 is 11.9 Å². The zero-order valence-electron chi connectivity index (χ0n) is 15.5. The average Bonchev–Trinajstić information content (AvgIpc) is 2.65. The normalized spacial score (nSPS) is 10.3. The Morgan fingerprint density at radius 3 is 1.74 bits per heavy atom. The average molecular weight is 360 g/mol. The van der Waals surface area contributed by atoms with Crippen LogP contribution < -0.4 is 9.47 Å². The molecule has 0 bridgehead atoms. The van der Waals surface area contributed by atoms with E-state index in [0.29, 0.717) is 28.2 Å². The van der Waals surface area contributed by atoms with Crippen LogP contribution in [-0.2, 0) is 0 Å². The maximum atomic E-state index is 12.3. The van der Waals surface area contributed by atoms with Gasteiger partial charge in [-0.05, 0) is 68.8 Å². The van der Waals surface area contributed by atoms with E-state index < -0.39 is 11.9 Å². The molecule has 0 aromatic heterocycles. The van der Waals surface area contributed by atoms with Gasteiger partial charge >= 0.3 is 11.9 Å². The van der Waals surface area contributed by atoms with E-state index in [-0.39, 0.29) is 0 Å². The van der Waals surface area contributed by atoms with E-state index in [1.165, 1.54) is 0 Å². The van der Waals surface area contributed by atoms with Crippen molar-refractivity contribution in [2.24, 2.45) is 0 Å². The first-order valence-corrected chi connectivity index (χ1v) is 8.61. The summed E-state index contributed by atoms with van der Waals surface area (Å²) in [6, 6.07) is 19.2. The summed E-state index contributed by atoms with van der Waals surface area (Å²) in [5.74, 6) is -0.00275. The molecule has 27 heavy (non-hydrogen) atoms. The third-order valence-electron chi connectivity index (χ3n) is 4.13. The molecule has 0 fully saturated rings. The molecule has 3 rings (SSSR count). The molecular formula is C23H20O4. The van der Waals surface area contributed by atoms with Gasteiger partial charge < -0.3 is 9.47 Å². The first-order valence-electron chi connectivity index (χ1n) is 8.61. The summed E-state index contributed by atoms with van der Waals surface area (Å²) in [5, 5.41) is 0. The maximum absolute atomic E-state index is 12.3. The second-order valence-corrected chi connectivity index (χ2v) is 6.44. The number of hydrogen-bond acceptors (Lipinski definition) is 4. The minimum Gasteiger partial charge on any atom is -0.423 e. The van der Waals surface area contributed by atoms with Crippen molar-refractivity contribution in [1.29, 1.82) is 0 Å². The molecule has 4 nitrogen and oxygen atoms in total. The van der Waals surface area contributed by atoms with Gasteiger partial charge in [0.25, 0.3) is 0 Å². The van der Waals surface area contributed by atoms with Crippen LogP contribution in [0.15, 0.2) is 66.7 Å². The molecule has 0 amide bonds. The molecular weight excluding hydrogens is 340 g/mol. The Morgan fingerprint density at radius 1 is 0.630 bits per heavy atom. The summed E-state index contributed by atoms with van der Waals surface area (Å²) in [6.45, 7) is 5.69. The molecule has 0 aliphatic rings. The second kappa shape index (κ2) is 7.87. The van der Waals surface area contributed by atoms with Crippen LogP contribution in [0, 0.1) is 20.8 Å². The van der Waals surface area contributed by atoms with Gasteiger partial charge in [0.1, 0.15) is 11.5 Å². The molecule has 0 heterocycles. The van der Waals surface area contributed by atoms with Crippen LogP contribution in [0.25, 0.3) is 0 Å². The molecule has 0 aliphatic heterocycles. The van der Waals surface area contributed by atoms with E-state index in [0.717, 1.165) is 11.1 Å². The quantitative estimate of drug-likeness (QED) is 0.482. The van der Waals surface area contributed by atoms with Crippen molar-refractivity contribution in [1.82, 2.24) is 0 Å². The lowest BCUT2D eigenvalue weighted by molar-refractivity contribution is 0.0730. The number of benzene rings is 3. The van der Waals surface area contributed by atoms with Gasteiger partial charge in [0.05, 0.1) is 11.1 Å². The van der Waals surface area contributed by atoms with Gasteiger partial charge in [0.2, 0.25) is 0 Å². The maximum Gasteiger partial charge on any atom is 0.343 e. The first kappa shape index (κ1) is 18.4. The van der Waals surface area contributed by atoms with E-state index in [9.17, 15) is 9.59 Å².